The molecule has 0 spiro atoms. The molecule has 0 unspecified atom stereocenters. The quantitative estimate of drug-likeness (QED) is 0.663. The zero-order valence-electron chi connectivity index (χ0n) is 7.57. The number of carboxylic acid groups (broad SMARTS) is 1. The molecule has 0 aliphatic rings. The van der Waals surface area contributed by atoms with Gasteiger partial charge >= 0.3 is 5.97 Å². The lowest BCUT2D eigenvalue weighted by atomic mass is 10.1. The number of thiophene rings is 1. The molecule has 4 N–H and O–H groups in total. The molecule has 0 amide bonds. The lowest BCUT2D eigenvalue weighted by Gasteiger charge is -1.96. The SMILES string of the molecule is Cc1sc(C(=O)O)cc1/C(C=N)=C/N. The Morgan fingerprint density at radius 1 is 1.71 bits per heavy atom. The Balaban J connectivity index is 3.22. The Kier molecular flexibility index (Phi) is 3.03. The van der Waals surface area contributed by atoms with Crippen molar-refractivity contribution in [2.75, 3.05) is 0 Å². The average molecular weight is 210 g/mol. The molecular weight excluding hydrogens is 200 g/mol. The first-order chi connectivity index (χ1) is 6.60. The number of rotatable bonds is 3. The Morgan fingerprint density at radius 2 is 2.36 bits per heavy atom. The van der Waals surface area contributed by atoms with Gasteiger partial charge in [0, 0.05) is 22.9 Å². The fraction of sp³-hybridized carbons (Fsp3) is 0.111. The molecule has 0 saturated carbocycles. The number of carbonyl (C=O) groups is 1. The topological polar surface area (TPSA) is 87.2 Å². The fourth-order valence-corrected chi connectivity index (χ4v) is 1.97. The Labute approximate surface area is 85.2 Å². The van der Waals surface area contributed by atoms with Gasteiger partial charge in [0.1, 0.15) is 4.88 Å². The van der Waals surface area contributed by atoms with Gasteiger partial charge in [0.25, 0.3) is 0 Å². The summed E-state index contributed by atoms with van der Waals surface area (Å²) in [7, 11) is 0. The number of nitrogens with one attached hydrogen (secondary N) is 1. The summed E-state index contributed by atoms with van der Waals surface area (Å²) in [6, 6.07) is 1.53. The second-order valence-corrected chi connectivity index (χ2v) is 3.91. The fourth-order valence-electron chi connectivity index (χ4n) is 1.09. The number of hydrogen-bond acceptors (Lipinski definition) is 4. The van der Waals surface area contributed by atoms with Crippen LogP contribution in [-0.2, 0) is 0 Å². The highest BCUT2D eigenvalue weighted by atomic mass is 32.1. The molecule has 14 heavy (non-hydrogen) atoms. The van der Waals surface area contributed by atoms with E-state index in [1.165, 1.54) is 23.6 Å². The minimum Gasteiger partial charge on any atom is -0.477 e. The van der Waals surface area contributed by atoms with Crippen molar-refractivity contribution in [3.05, 3.63) is 27.6 Å². The lowest BCUT2D eigenvalue weighted by molar-refractivity contribution is 0.0702. The molecule has 0 aromatic carbocycles. The van der Waals surface area contributed by atoms with Crippen molar-refractivity contribution in [2.45, 2.75) is 6.92 Å². The van der Waals surface area contributed by atoms with Gasteiger partial charge in [-0.1, -0.05) is 0 Å². The van der Waals surface area contributed by atoms with Gasteiger partial charge in [0.15, 0.2) is 0 Å². The van der Waals surface area contributed by atoms with Crippen molar-refractivity contribution in [3.63, 3.8) is 0 Å². The van der Waals surface area contributed by atoms with Crippen LogP contribution in [0.3, 0.4) is 0 Å². The van der Waals surface area contributed by atoms with Crippen LogP contribution in [0.1, 0.15) is 20.1 Å². The maximum atomic E-state index is 10.7. The highest BCUT2D eigenvalue weighted by Crippen LogP contribution is 2.26. The number of aryl methyl sites for hydroxylation is 1. The maximum absolute atomic E-state index is 10.7. The zero-order valence-corrected chi connectivity index (χ0v) is 8.39. The van der Waals surface area contributed by atoms with Crippen LogP contribution in [0.25, 0.3) is 5.57 Å². The van der Waals surface area contributed by atoms with Gasteiger partial charge in [-0.2, -0.15) is 0 Å². The Bertz CT molecular complexity index is 407. The van der Waals surface area contributed by atoms with Gasteiger partial charge in [0.05, 0.1) is 0 Å². The van der Waals surface area contributed by atoms with E-state index in [-0.39, 0.29) is 4.88 Å². The second-order valence-electron chi connectivity index (χ2n) is 2.65. The van der Waals surface area contributed by atoms with E-state index in [2.05, 4.69) is 0 Å². The predicted octanol–water partition coefficient (Wildman–Crippen LogP) is 1.70. The summed E-state index contributed by atoms with van der Waals surface area (Å²) in [5.41, 5.74) is 6.56. The summed E-state index contributed by atoms with van der Waals surface area (Å²) >= 11 is 1.18. The number of carboxylic acids is 1. The van der Waals surface area contributed by atoms with Crippen LogP contribution in [-0.4, -0.2) is 17.3 Å². The number of allylic oxidation sites excluding steroid dienone is 1. The summed E-state index contributed by atoms with van der Waals surface area (Å²) in [6.07, 6.45) is 2.41. The predicted molar refractivity (Wildman–Crippen MR) is 57.0 cm³/mol. The molecule has 0 saturated heterocycles. The third-order valence-electron chi connectivity index (χ3n) is 1.77. The largest absolute Gasteiger partial charge is 0.477 e. The molecule has 1 aromatic heterocycles. The molecule has 1 aromatic rings. The Hall–Kier alpha value is -1.62. The van der Waals surface area contributed by atoms with Crippen LogP contribution in [0, 0.1) is 12.3 Å². The first-order valence-corrected chi connectivity index (χ1v) is 4.68. The van der Waals surface area contributed by atoms with Crippen LogP contribution < -0.4 is 5.73 Å². The molecular formula is C9H10N2O2S. The summed E-state index contributed by atoms with van der Waals surface area (Å²) in [6.45, 7) is 1.80. The van der Waals surface area contributed by atoms with Crippen LogP contribution in [0.5, 0.6) is 0 Å². The molecule has 0 bridgehead atoms. The molecule has 0 fully saturated rings. The monoisotopic (exact) mass is 210 g/mol. The summed E-state index contributed by atoms with van der Waals surface area (Å²) < 4.78 is 0. The van der Waals surface area contributed by atoms with Crippen molar-refractivity contribution in [3.8, 4) is 0 Å². The highest BCUT2D eigenvalue weighted by molar-refractivity contribution is 7.14. The molecule has 0 atom stereocenters. The summed E-state index contributed by atoms with van der Waals surface area (Å²) in [5, 5.41) is 15.8. The van der Waals surface area contributed by atoms with Crippen LogP contribution in [0.15, 0.2) is 12.3 Å². The first kappa shape index (κ1) is 10.5. The first-order valence-electron chi connectivity index (χ1n) is 3.86. The van der Waals surface area contributed by atoms with Crippen LogP contribution in [0.2, 0.25) is 0 Å². The summed E-state index contributed by atoms with van der Waals surface area (Å²) in [5.74, 6) is -0.953. The van der Waals surface area contributed by atoms with E-state index in [9.17, 15) is 4.79 Å². The van der Waals surface area contributed by atoms with Gasteiger partial charge in [-0.25, -0.2) is 4.79 Å². The number of aromatic carboxylic acids is 1. The van der Waals surface area contributed by atoms with Crippen molar-refractivity contribution >= 4 is 29.1 Å². The minimum atomic E-state index is -0.953. The van der Waals surface area contributed by atoms with E-state index in [0.717, 1.165) is 11.1 Å². The van der Waals surface area contributed by atoms with Crippen molar-refractivity contribution < 1.29 is 9.90 Å². The minimum absolute atomic E-state index is 0.263. The van der Waals surface area contributed by atoms with E-state index < -0.39 is 5.97 Å². The molecule has 0 aliphatic carbocycles. The van der Waals surface area contributed by atoms with E-state index in [1.54, 1.807) is 6.92 Å². The highest BCUT2D eigenvalue weighted by Gasteiger charge is 2.12. The maximum Gasteiger partial charge on any atom is 0.345 e. The molecule has 74 valence electrons. The van der Waals surface area contributed by atoms with Gasteiger partial charge in [-0.3, -0.25) is 0 Å². The van der Waals surface area contributed by atoms with Gasteiger partial charge < -0.3 is 16.2 Å². The van der Waals surface area contributed by atoms with E-state index in [1.807, 2.05) is 0 Å². The Morgan fingerprint density at radius 3 is 2.71 bits per heavy atom. The molecule has 1 heterocycles. The molecule has 5 heteroatoms. The molecule has 4 nitrogen and oxygen atoms in total. The van der Waals surface area contributed by atoms with Gasteiger partial charge in [-0.15, -0.1) is 11.3 Å². The van der Waals surface area contributed by atoms with E-state index >= 15 is 0 Å². The third-order valence-corrected chi connectivity index (χ3v) is 2.81. The molecule has 0 radical (unpaired) electrons. The van der Waals surface area contributed by atoms with E-state index in [0.29, 0.717) is 11.1 Å². The standard InChI is InChI=1S/C9H10N2O2S/c1-5-7(6(3-10)4-11)2-8(14-5)9(12)13/h2-4,10H,11H2,1H3,(H,12,13)/b6-4+,10-3?. The van der Waals surface area contributed by atoms with Crippen LogP contribution >= 0.6 is 11.3 Å². The molecule has 1 rings (SSSR count). The van der Waals surface area contributed by atoms with Gasteiger partial charge in [0.2, 0.25) is 0 Å². The normalized spacial score (nSPS) is 11.4. The van der Waals surface area contributed by atoms with Gasteiger partial charge in [-0.05, 0) is 18.6 Å². The average Bonchev–Trinajstić information content (AvgIpc) is 2.51. The third kappa shape index (κ3) is 1.82. The smallest absolute Gasteiger partial charge is 0.345 e. The number of hydrogen-bond donors (Lipinski definition) is 3. The van der Waals surface area contributed by atoms with Crippen molar-refractivity contribution in [2.24, 2.45) is 5.73 Å². The summed E-state index contributed by atoms with van der Waals surface area (Å²) in [4.78, 5) is 11.8. The molecule has 0 aliphatic heterocycles. The van der Waals surface area contributed by atoms with E-state index in [4.69, 9.17) is 16.2 Å². The second kappa shape index (κ2) is 4.06. The van der Waals surface area contributed by atoms with Crippen molar-refractivity contribution in [1.82, 2.24) is 0 Å². The lowest BCUT2D eigenvalue weighted by Crippen LogP contribution is -1.92. The van der Waals surface area contributed by atoms with Crippen LogP contribution in [0.4, 0.5) is 0 Å². The van der Waals surface area contributed by atoms with Crippen molar-refractivity contribution in [1.29, 1.82) is 5.41 Å². The number of nitrogens with two attached hydrogens (primary N) is 1. The zero-order chi connectivity index (χ0) is 10.7.